The van der Waals surface area contributed by atoms with E-state index >= 15 is 0 Å². The topological polar surface area (TPSA) is 59.3 Å². The maximum atomic E-state index is 13.1. The van der Waals surface area contributed by atoms with Crippen LogP contribution in [-0.4, -0.2) is 25.5 Å². The van der Waals surface area contributed by atoms with E-state index in [0.29, 0.717) is 6.42 Å². The summed E-state index contributed by atoms with van der Waals surface area (Å²) in [4.78, 5) is 22.9. The number of amides is 1. The Kier molecular flexibility index (Phi) is 5.08. The van der Waals surface area contributed by atoms with E-state index in [1.54, 1.807) is 0 Å². The van der Waals surface area contributed by atoms with E-state index in [-0.39, 0.29) is 11.2 Å². The number of aromatic nitrogens is 3. The molecule has 0 unspecified atom stereocenters. The van der Waals surface area contributed by atoms with E-state index in [4.69, 9.17) is 9.97 Å². The molecule has 2 heterocycles. The van der Waals surface area contributed by atoms with Gasteiger partial charge in [-0.05, 0) is 55.3 Å². The minimum absolute atomic E-state index is 0.0226. The molecule has 0 bridgehead atoms. The van der Waals surface area contributed by atoms with Gasteiger partial charge < -0.3 is 5.32 Å². The molecule has 0 saturated heterocycles. The van der Waals surface area contributed by atoms with Gasteiger partial charge in [0.05, 0.1) is 21.8 Å². The molecule has 0 aliphatic rings. The van der Waals surface area contributed by atoms with Gasteiger partial charge in [0.2, 0.25) is 5.91 Å². The van der Waals surface area contributed by atoms with Crippen LogP contribution in [0.25, 0.3) is 27.6 Å². The summed E-state index contributed by atoms with van der Waals surface area (Å²) in [6, 6.07) is 23.9. The maximum absolute atomic E-state index is 13.1. The van der Waals surface area contributed by atoms with E-state index in [9.17, 15) is 4.79 Å². The number of carbonyl (C=O) groups excluding carboxylic acids is 1. The van der Waals surface area contributed by atoms with Gasteiger partial charge in [-0.1, -0.05) is 55.1 Å². The van der Waals surface area contributed by atoms with Crippen LogP contribution in [0.5, 0.6) is 0 Å². The fourth-order valence-electron chi connectivity index (χ4n) is 3.79. The molecule has 5 nitrogen and oxygen atoms in total. The molecule has 0 saturated carbocycles. The standard InChI is InChI=1S/C25H22N4OS/c1-3-22(24(30)26-17-10-8-9-16(2)15-17)31-25-28-19-12-5-4-11-18(19)23-27-20-13-6-7-14-21(20)29(23)25/h4-15,22H,3H2,1-2H3,(H,26,30)/t22-/m0/s1. The number of hydrogen-bond acceptors (Lipinski definition) is 4. The predicted molar refractivity (Wildman–Crippen MR) is 128 cm³/mol. The Balaban J connectivity index is 1.58. The van der Waals surface area contributed by atoms with Crippen LogP contribution >= 0.6 is 11.8 Å². The molecule has 5 aromatic rings. The van der Waals surface area contributed by atoms with E-state index in [2.05, 4.69) is 9.72 Å². The summed E-state index contributed by atoms with van der Waals surface area (Å²) in [6.45, 7) is 4.04. The van der Waals surface area contributed by atoms with Gasteiger partial charge in [0, 0.05) is 11.1 Å². The number of fused-ring (bicyclic) bond motifs is 5. The lowest BCUT2D eigenvalue weighted by atomic mass is 10.2. The van der Waals surface area contributed by atoms with Crippen molar-refractivity contribution in [1.82, 2.24) is 14.4 Å². The molecule has 5 rings (SSSR count). The molecule has 3 aromatic carbocycles. The fourth-order valence-corrected chi connectivity index (χ4v) is 4.82. The van der Waals surface area contributed by atoms with Crippen LogP contribution in [0.3, 0.4) is 0 Å². The SMILES string of the molecule is CC[C@H](Sc1nc2ccccc2c2nc3ccccc3n12)C(=O)Nc1cccc(C)c1. The lowest BCUT2D eigenvalue weighted by Crippen LogP contribution is -2.25. The lowest BCUT2D eigenvalue weighted by molar-refractivity contribution is -0.115. The van der Waals surface area contributed by atoms with Crippen LogP contribution in [-0.2, 0) is 4.79 Å². The summed E-state index contributed by atoms with van der Waals surface area (Å²) in [5, 5.41) is 4.55. The van der Waals surface area contributed by atoms with Crippen LogP contribution in [0.15, 0.2) is 78.0 Å². The normalized spacial score (nSPS) is 12.5. The molecule has 1 N–H and O–H groups in total. The van der Waals surface area contributed by atoms with Gasteiger partial charge in [-0.2, -0.15) is 0 Å². The van der Waals surface area contributed by atoms with Crippen molar-refractivity contribution in [3.63, 3.8) is 0 Å². The molecule has 2 aromatic heterocycles. The number of para-hydroxylation sites is 3. The minimum Gasteiger partial charge on any atom is -0.325 e. The van der Waals surface area contributed by atoms with Crippen molar-refractivity contribution < 1.29 is 4.79 Å². The molecule has 1 atom stereocenters. The van der Waals surface area contributed by atoms with Gasteiger partial charge in [-0.15, -0.1) is 0 Å². The lowest BCUT2D eigenvalue weighted by Gasteiger charge is -2.16. The minimum atomic E-state index is -0.279. The smallest absolute Gasteiger partial charge is 0.237 e. The average molecular weight is 427 g/mol. The number of nitrogens with one attached hydrogen (secondary N) is 1. The first-order valence-electron chi connectivity index (χ1n) is 10.3. The Morgan fingerprint density at radius 1 is 1.00 bits per heavy atom. The number of anilines is 1. The Labute approximate surface area is 184 Å². The molecule has 0 aliphatic heterocycles. The van der Waals surface area contributed by atoms with E-state index < -0.39 is 0 Å². The highest BCUT2D eigenvalue weighted by molar-refractivity contribution is 8.00. The Hall–Kier alpha value is -3.38. The first kappa shape index (κ1) is 19.6. The molecule has 154 valence electrons. The number of hydrogen-bond donors (Lipinski definition) is 1. The number of thioether (sulfide) groups is 1. The van der Waals surface area contributed by atoms with Crippen LogP contribution in [0.1, 0.15) is 18.9 Å². The molecule has 1 amide bonds. The molecule has 0 fully saturated rings. The Bertz CT molecular complexity index is 1430. The van der Waals surface area contributed by atoms with Crippen molar-refractivity contribution in [2.45, 2.75) is 30.7 Å². The highest BCUT2D eigenvalue weighted by atomic mass is 32.2. The molecular weight excluding hydrogens is 404 g/mol. The summed E-state index contributed by atoms with van der Waals surface area (Å²) in [5.41, 5.74) is 5.58. The molecule has 6 heteroatoms. The summed E-state index contributed by atoms with van der Waals surface area (Å²) < 4.78 is 2.07. The van der Waals surface area contributed by atoms with Gasteiger partial charge in [0.15, 0.2) is 5.16 Å². The highest BCUT2D eigenvalue weighted by Crippen LogP contribution is 2.32. The molecule has 0 aliphatic carbocycles. The third-order valence-corrected chi connectivity index (χ3v) is 6.63. The van der Waals surface area contributed by atoms with E-state index in [0.717, 1.165) is 44.0 Å². The number of imidazole rings is 1. The van der Waals surface area contributed by atoms with Crippen molar-refractivity contribution in [1.29, 1.82) is 0 Å². The summed E-state index contributed by atoms with van der Waals surface area (Å²) >= 11 is 1.48. The monoisotopic (exact) mass is 426 g/mol. The number of carbonyl (C=O) groups is 1. The van der Waals surface area contributed by atoms with Crippen LogP contribution in [0, 0.1) is 6.92 Å². The number of benzene rings is 3. The van der Waals surface area contributed by atoms with Gasteiger partial charge in [-0.3, -0.25) is 9.20 Å². The van der Waals surface area contributed by atoms with Crippen molar-refractivity contribution in [3.05, 3.63) is 78.4 Å². The second kappa shape index (κ2) is 8.04. The largest absolute Gasteiger partial charge is 0.325 e. The van der Waals surface area contributed by atoms with Crippen molar-refractivity contribution in [3.8, 4) is 0 Å². The second-order valence-corrected chi connectivity index (χ2v) is 8.71. The highest BCUT2D eigenvalue weighted by Gasteiger charge is 2.22. The van der Waals surface area contributed by atoms with Crippen molar-refractivity contribution in [2.75, 3.05) is 5.32 Å². The zero-order chi connectivity index (χ0) is 21.4. The summed E-state index contributed by atoms with van der Waals surface area (Å²) in [6.07, 6.45) is 0.685. The third kappa shape index (κ3) is 3.64. The van der Waals surface area contributed by atoms with Crippen LogP contribution in [0.2, 0.25) is 0 Å². The number of rotatable bonds is 5. The van der Waals surface area contributed by atoms with Crippen LogP contribution < -0.4 is 5.32 Å². The summed E-state index contributed by atoms with van der Waals surface area (Å²) in [5.74, 6) is -0.0226. The summed E-state index contributed by atoms with van der Waals surface area (Å²) in [7, 11) is 0. The second-order valence-electron chi connectivity index (χ2n) is 7.54. The number of aryl methyl sites for hydroxylation is 1. The zero-order valence-electron chi connectivity index (χ0n) is 17.4. The van der Waals surface area contributed by atoms with Crippen molar-refractivity contribution in [2.24, 2.45) is 0 Å². The van der Waals surface area contributed by atoms with Gasteiger partial charge in [0.1, 0.15) is 5.65 Å². The van der Waals surface area contributed by atoms with Crippen molar-refractivity contribution >= 4 is 50.9 Å². The maximum Gasteiger partial charge on any atom is 0.237 e. The average Bonchev–Trinajstić information content (AvgIpc) is 3.17. The Morgan fingerprint density at radius 2 is 1.77 bits per heavy atom. The first-order chi connectivity index (χ1) is 15.1. The van der Waals surface area contributed by atoms with Gasteiger partial charge in [0.25, 0.3) is 0 Å². The van der Waals surface area contributed by atoms with Crippen LogP contribution in [0.4, 0.5) is 5.69 Å². The van der Waals surface area contributed by atoms with E-state index in [1.807, 2.05) is 86.6 Å². The van der Waals surface area contributed by atoms with Gasteiger partial charge >= 0.3 is 0 Å². The quantitative estimate of drug-likeness (QED) is 0.283. The van der Waals surface area contributed by atoms with Gasteiger partial charge in [-0.25, -0.2) is 9.97 Å². The van der Waals surface area contributed by atoms with E-state index in [1.165, 1.54) is 11.8 Å². The number of nitrogens with zero attached hydrogens (tertiary/aromatic N) is 3. The first-order valence-corrected chi connectivity index (χ1v) is 11.2. The molecular formula is C25H22N4OS. The molecule has 0 radical (unpaired) electrons. The molecule has 0 spiro atoms. The zero-order valence-corrected chi connectivity index (χ0v) is 18.2. The fraction of sp³-hybridized carbons (Fsp3) is 0.160. The Morgan fingerprint density at radius 3 is 2.58 bits per heavy atom. The third-order valence-electron chi connectivity index (χ3n) is 5.31. The predicted octanol–water partition coefficient (Wildman–Crippen LogP) is 5.85. The molecule has 31 heavy (non-hydrogen) atoms.